The summed E-state index contributed by atoms with van der Waals surface area (Å²) >= 11 is 0. The zero-order chi connectivity index (χ0) is 13.4. The fourth-order valence-electron chi connectivity index (χ4n) is 2.14. The average molecular weight is 293 g/mol. The maximum atomic E-state index is 12.3. The molecule has 0 aliphatic carbocycles. The van der Waals surface area contributed by atoms with Crippen molar-refractivity contribution >= 4 is 19.9 Å². The Kier molecular flexibility index (Phi) is 3.47. The maximum Gasteiger partial charge on any atom is 0.246 e. The molecule has 0 aromatic carbocycles. The molecule has 18 heavy (non-hydrogen) atoms. The summed E-state index contributed by atoms with van der Waals surface area (Å²) in [5.41, 5.74) is 0. The summed E-state index contributed by atoms with van der Waals surface area (Å²) in [5.74, 6) is -0.0486. The van der Waals surface area contributed by atoms with Crippen molar-refractivity contribution < 1.29 is 16.8 Å². The highest BCUT2D eigenvalue weighted by molar-refractivity contribution is 7.92. The zero-order valence-electron chi connectivity index (χ0n) is 9.90. The number of nitrogens with zero attached hydrogens (tertiary/aromatic N) is 2. The minimum absolute atomic E-state index is 0.0507. The van der Waals surface area contributed by atoms with Gasteiger partial charge in [-0.3, -0.25) is 5.10 Å². The van der Waals surface area contributed by atoms with Crippen LogP contribution in [0.15, 0.2) is 17.3 Å². The first-order valence-corrected chi connectivity index (χ1v) is 8.84. The second-order valence-electron chi connectivity index (χ2n) is 4.20. The molecule has 2 heterocycles. The van der Waals surface area contributed by atoms with Gasteiger partial charge >= 0.3 is 0 Å². The second kappa shape index (κ2) is 4.63. The van der Waals surface area contributed by atoms with E-state index >= 15 is 0 Å². The summed E-state index contributed by atoms with van der Waals surface area (Å²) in [6.45, 7) is 1.94. The van der Waals surface area contributed by atoms with Crippen molar-refractivity contribution in [3.8, 4) is 0 Å². The number of aromatic amines is 1. The molecule has 1 unspecified atom stereocenters. The van der Waals surface area contributed by atoms with E-state index in [0.29, 0.717) is 6.42 Å². The Hall–Kier alpha value is -0.930. The van der Waals surface area contributed by atoms with Gasteiger partial charge < -0.3 is 0 Å². The molecule has 1 atom stereocenters. The molecule has 1 saturated heterocycles. The summed E-state index contributed by atoms with van der Waals surface area (Å²) in [4.78, 5) is 0.0636. The summed E-state index contributed by atoms with van der Waals surface area (Å²) in [6, 6.07) is -0.472. The van der Waals surface area contributed by atoms with Gasteiger partial charge in [0.05, 0.1) is 17.7 Å². The number of hydrogen-bond acceptors (Lipinski definition) is 5. The number of rotatable bonds is 4. The Bertz CT molecular complexity index is 606. The van der Waals surface area contributed by atoms with E-state index < -0.39 is 25.9 Å². The van der Waals surface area contributed by atoms with Gasteiger partial charge in [-0.05, 0) is 6.42 Å². The largest absolute Gasteiger partial charge is 0.284 e. The first kappa shape index (κ1) is 13.5. The van der Waals surface area contributed by atoms with Gasteiger partial charge in [0.2, 0.25) is 10.0 Å². The first-order valence-electron chi connectivity index (χ1n) is 5.58. The number of sulfonamides is 1. The van der Waals surface area contributed by atoms with Crippen LogP contribution >= 0.6 is 0 Å². The van der Waals surface area contributed by atoms with Crippen molar-refractivity contribution in [2.45, 2.75) is 24.3 Å². The van der Waals surface area contributed by atoms with Crippen LogP contribution in [0.1, 0.15) is 13.3 Å². The summed E-state index contributed by atoms with van der Waals surface area (Å²) in [7, 11) is -6.78. The van der Waals surface area contributed by atoms with Crippen molar-refractivity contribution in [2.75, 3.05) is 18.1 Å². The van der Waals surface area contributed by atoms with Crippen LogP contribution in [0.2, 0.25) is 0 Å². The molecule has 0 saturated carbocycles. The molecule has 1 aromatic rings. The monoisotopic (exact) mass is 293 g/mol. The molecule has 1 fully saturated rings. The summed E-state index contributed by atoms with van der Waals surface area (Å²) in [6.07, 6.45) is 2.87. The third kappa shape index (κ3) is 2.43. The molecular formula is C9H15N3O4S2. The van der Waals surface area contributed by atoms with E-state index in [1.54, 1.807) is 6.92 Å². The normalized spacial score (nSPS) is 23.6. The summed E-state index contributed by atoms with van der Waals surface area (Å²) in [5, 5.41) is 6.06. The highest BCUT2D eigenvalue weighted by atomic mass is 32.2. The first-order chi connectivity index (χ1) is 8.37. The molecule has 0 radical (unpaired) electrons. The molecule has 1 aliphatic heterocycles. The average Bonchev–Trinajstić information content (AvgIpc) is 2.88. The standard InChI is InChI=1S/C9H15N3O4S2/c1-2-12(8-3-4-17(13,14)7-8)18(15,16)9-5-10-11-6-9/h5-6,8H,2-4,7H2,1H3,(H,10,11). The van der Waals surface area contributed by atoms with Crippen LogP contribution in [-0.2, 0) is 19.9 Å². The smallest absolute Gasteiger partial charge is 0.246 e. The highest BCUT2D eigenvalue weighted by Gasteiger charge is 2.38. The van der Waals surface area contributed by atoms with E-state index in [0.717, 1.165) is 0 Å². The van der Waals surface area contributed by atoms with Gasteiger partial charge in [0, 0.05) is 18.8 Å². The maximum absolute atomic E-state index is 12.3. The lowest BCUT2D eigenvalue weighted by molar-refractivity contribution is 0.354. The van der Waals surface area contributed by atoms with E-state index in [-0.39, 0.29) is 22.9 Å². The SMILES string of the molecule is CCN(C1CCS(=O)(=O)C1)S(=O)(=O)c1cn[nH]c1. The zero-order valence-corrected chi connectivity index (χ0v) is 11.5. The molecule has 102 valence electrons. The number of hydrogen-bond donors (Lipinski definition) is 1. The van der Waals surface area contributed by atoms with Crippen molar-refractivity contribution in [1.82, 2.24) is 14.5 Å². The second-order valence-corrected chi connectivity index (χ2v) is 8.32. The van der Waals surface area contributed by atoms with Gasteiger partial charge in [0.25, 0.3) is 0 Å². The van der Waals surface area contributed by atoms with Gasteiger partial charge in [-0.15, -0.1) is 0 Å². The molecule has 1 aliphatic rings. The number of H-pyrrole nitrogens is 1. The topological polar surface area (TPSA) is 100 Å². The Morgan fingerprint density at radius 3 is 2.72 bits per heavy atom. The van der Waals surface area contributed by atoms with Gasteiger partial charge in [0.15, 0.2) is 9.84 Å². The fraction of sp³-hybridized carbons (Fsp3) is 0.667. The van der Waals surface area contributed by atoms with E-state index in [1.807, 2.05) is 0 Å². The van der Waals surface area contributed by atoms with Crippen molar-refractivity contribution in [3.05, 3.63) is 12.4 Å². The molecular weight excluding hydrogens is 278 g/mol. The molecule has 0 spiro atoms. The van der Waals surface area contributed by atoms with E-state index in [2.05, 4.69) is 10.2 Å². The third-order valence-corrected chi connectivity index (χ3v) is 6.75. The van der Waals surface area contributed by atoms with Gasteiger partial charge in [0.1, 0.15) is 4.90 Å². The van der Waals surface area contributed by atoms with Crippen molar-refractivity contribution in [3.63, 3.8) is 0 Å². The number of nitrogens with one attached hydrogen (secondary N) is 1. The lowest BCUT2D eigenvalue weighted by atomic mass is 10.3. The lowest BCUT2D eigenvalue weighted by Crippen LogP contribution is -2.40. The molecule has 2 rings (SSSR count). The lowest BCUT2D eigenvalue weighted by Gasteiger charge is -2.25. The van der Waals surface area contributed by atoms with Crippen LogP contribution in [0.4, 0.5) is 0 Å². The molecule has 1 N–H and O–H groups in total. The molecule has 0 amide bonds. The van der Waals surface area contributed by atoms with Crippen LogP contribution < -0.4 is 0 Å². The summed E-state index contributed by atoms with van der Waals surface area (Å²) < 4.78 is 48.7. The molecule has 7 nitrogen and oxygen atoms in total. The minimum atomic E-state index is -3.67. The van der Waals surface area contributed by atoms with Crippen LogP contribution in [0, 0.1) is 0 Å². The van der Waals surface area contributed by atoms with Gasteiger partial charge in [-0.25, -0.2) is 16.8 Å². The third-order valence-electron chi connectivity index (χ3n) is 3.01. The van der Waals surface area contributed by atoms with Crippen LogP contribution in [0.25, 0.3) is 0 Å². The molecule has 1 aromatic heterocycles. The van der Waals surface area contributed by atoms with Crippen molar-refractivity contribution in [2.24, 2.45) is 0 Å². The number of aromatic nitrogens is 2. The highest BCUT2D eigenvalue weighted by Crippen LogP contribution is 2.23. The molecule has 9 heteroatoms. The van der Waals surface area contributed by atoms with E-state index in [9.17, 15) is 16.8 Å². The fourth-order valence-corrected chi connectivity index (χ4v) is 5.54. The minimum Gasteiger partial charge on any atom is -0.284 e. The quantitative estimate of drug-likeness (QED) is 0.814. The Balaban J connectivity index is 2.30. The van der Waals surface area contributed by atoms with Crippen LogP contribution in [-0.4, -0.2) is 55.4 Å². The van der Waals surface area contributed by atoms with Crippen LogP contribution in [0.5, 0.6) is 0 Å². The predicted molar refractivity (Wildman–Crippen MR) is 65.2 cm³/mol. The Labute approximate surface area is 106 Å². The Morgan fingerprint density at radius 1 is 1.56 bits per heavy atom. The van der Waals surface area contributed by atoms with E-state index in [1.165, 1.54) is 16.7 Å². The predicted octanol–water partition coefficient (Wildman–Crippen LogP) is -0.393. The van der Waals surface area contributed by atoms with Crippen molar-refractivity contribution in [1.29, 1.82) is 0 Å². The molecule has 0 bridgehead atoms. The number of sulfone groups is 1. The van der Waals surface area contributed by atoms with Gasteiger partial charge in [-0.1, -0.05) is 6.92 Å². The Morgan fingerprint density at radius 2 is 2.28 bits per heavy atom. The van der Waals surface area contributed by atoms with E-state index in [4.69, 9.17) is 0 Å². The van der Waals surface area contributed by atoms with Crippen LogP contribution in [0.3, 0.4) is 0 Å². The van der Waals surface area contributed by atoms with Gasteiger partial charge in [-0.2, -0.15) is 9.40 Å².